The van der Waals surface area contributed by atoms with Crippen molar-refractivity contribution in [3.8, 4) is 0 Å². The van der Waals surface area contributed by atoms with Crippen molar-refractivity contribution in [1.29, 1.82) is 0 Å². The van der Waals surface area contributed by atoms with Crippen LogP contribution in [0.2, 0.25) is 0 Å². The molecule has 2 rings (SSSR count). The zero-order valence-electron chi connectivity index (χ0n) is 14.9. The Bertz CT molecular complexity index is 962. The number of nitrogens with zero attached hydrogens (tertiary/aromatic N) is 4. The van der Waals surface area contributed by atoms with Crippen LogP contribution < -0.4 is 16.6 Å². The highest BCUT2D eigenvalue weighted by Crippen LogP contribution is 2.11. The summed E-state index contributed by atoms with van der Waals surface area (Å²) in [5, 5.41) is 11.3. The van der Waals surface area contributed by atoms with Crippen LogP contribution in [0, 0.1) is 5.92 Å². The third-order valence-corrected chi connectivity index (χ3v) is 3.88. The van der Waals surface area contributed by atoms with E-state index in [4.69, 9.17) is 5.11 Å². The molecule has 0 aliphatic heterocycles. The largest absolute Gasteiger partial charge is 0.481 e. The van der Waals surface area contributed by atoms with Gasteiger partial charge in [0, 0.05) is 25.9 Å². The fourth-order valence-electron chi connectivity index (χ4n) is 2.68. The van der Waals surface area contributed by atoms with E-state index < -0.39 is 23.1 Å². The van der Waals surface area contributed by atoms with Gasteiger partial charge in [0.2, 0.25) is 5.91 Å². The van der Waals surface area contributed by atoms with Gasteiger partial charge < -0.3 is 10.4 Å². The highest BCUT2D eigenvalue weighted by molar-refractivity contribution is 5.90. The monoisotopic (exact) mass is 363 g/mol. The molecule has 2 aromatic heterocycles. The summed E-state index contributed by atoms with van der Waals surface area (Å²) in [6.45, 7) is 5.60. The van der Waals surface area contributed by atoms with Gasteiger partial charge in [-0.25, -0.2) is 14.8 Å². The van der Waals surface area contributed by atoms with Crippen molar-refractivity contribution >= 4 is 28.9 Å². The van der Waals surface area contributed by atoms with E-state index in [1.165, 1.54) is 10.8 Å². The maximum atomic E-state index is 12.5. The Balaban J connectivity index is 2.37. The van der Waals surface area contributed by atoms with E-state index in [0.717, 1.165) is 4.57 Å². The molecular formula is C16H21N5O5. The molecular weight excluding hydrogens is 342 g/mol. The molecule has 0 saturated heterocycles. The van der Waals surface area contributed by atoms with Crippen molar-refractivity contribution in [1.82, 2.24) is 19.1 Å². The van der Waals surface area contributed by atoms with E-state index >= 15 is 0 Å². The fourth-order valence-corrected chi connectivity index (χ4v) is 2.68. The summed E-state index contributed by atoms with van der Waals surface area (Å²) in [5.74, 6) is -1.67. The molecule has 2 aromatic rings. The molecule has 2 heterocycles. The predicted molar refractivity (Wildman–Crippen MR) is 94.1 cm³/mol. The number of aryl methyl sites for hydroxylation is 1. The molecule has 0 bridgehead atoms. The summed E-state index contributed by atoms with van der Waals surface area (Å²) >= 11 is 0. The lowest BCUT2D eigenvalue weighted by Gasteiger charge is -2.12. The summed E-state index contributed by atoms with van der Waals surface area (Å²) in [5.41, 5.74) is -0.879. The minimum atomic E-state index is -0.978. The molecule has 0 radical (unpaired) electrons. The number of fused-ring (bicyclic) bond motifs is 1. The van der Waals surface area contributed by atoms with E-state index in [9.17, 15) is 19.2 Å². The summed E-state index contributed by atoms with van der Waals surface area (Å²) in [4.78, 5) is 55.7. The minimum Gasteiger partial charge on any atom is -0.481 e. The number of anilines is 1. The highest BCUT2D eigenvalue weighted by atomic mass is 16.4. The topological polar surface area (TPSA) is 136 Å². The van der Waals surface area contributed by atoms with Gasteiger partial charge in [0.15, 0.2) is 17.0 Å². The van der Waals surface area contributed by atoms with Crippen molar-refractivity contribution in [2.45, 2.75) is 46.7 Å². The van der Waals surface area contributed by atoms with Gasteiger partial charge in [-0.05, 0) is 19.8 Å². The molecule has 2 N–H and O–H groups in total. The number of nitrogens with one attached hydrogen (secondary N) is 1. The lowest BCUT2D eigenvalue weighted by molar-refractivity contribution is -0.138. The number of aliphatic carboxylic acids is 1. The number of hydrogen-bond acceptors (Lipinski definition) is 6. The van der Waals surface area contributed by atoms with Crippen LogP contribution in [0.5, 0.6) is 0 Å². The number of amides is 1. The predicted octanol–water partition coefficient (Wildman–Crippen LogP) is 0.432. The molecule has 1 atom stereocenters. The van der Waals surface area contributed by atoms with Crippen molar-refractivity contribution in [2.75, 3.05) is 5.32 Å². The first-order valence-corrected chi connectivity index (χ1v) is 8.30. The second kappa shape index (κ2) is 7.89. The molecule has 0 saturated carbocycles. The van der Waals surface area contributed by atoms with Crippen LogP contribution in [0.15, 0.2) is 15.8 Å². The van der Waals surface area contributed by atoms with Gasteiger partial charge in [-0.3, -0.25) is 23.5 Å². The van der Waals surface area contributed by atoms with Gasteiger partial charge in [0.25, 0.3) is 5.56 Å². The first-order chi connectivity index (χ1) is 12.3. The van der Waals surface area contributed by atoms with Gasteiger partial charge in [-0.1, -0.05) is 6.92 Å². The Hall–Kier alpha value is -3.04. The van der Waals surface area contributed by atoms with Crippen LogP contribution in [-0.2, 0) is 22.7 Å². The molecule has 0 fully saturated rings. The number of carboxylic acid groups (broad SMARTS) is 1. The maximum absolute atomic E-state index is 12.5. The van der Waals surface area contributed by atoms with Gasteiger partial charge >= 0.3 is 11.7 Å². The van der Waals surface area contributed by atoms with E-state index in [1.807, 2.05) is 0 Å². The number of aromatic nitrogens is 4. The van der Waals surface area contributed by atoms with E-state index in [2.05, 4.69) is 15.3 Å². The first-order valence-electron chi connectivity index (χ1n) is 8.30. The Morgan fingerprint density at radius 1 is 1.19 bits per heavy atom. The molecule has 0 aromatic carbocycles. The van der Waals surface area contributed by atoms with Crippen LogP contribution in [0.1, 0.15) is 33.6 Å². The van der Waals surface area contributed by atoms with Crippen LogP contribution in [0.4, 0.5) is 5.82 Å². The fraction of sp³-hybridized carbons (Fsp3) is 0.500. The Morgan fingerprint density at radius 3 is 2.42 bits per heavy atom. The number of rotatable bonds is 7. The summed E-state index contributed by atoms with van der Waals surface area (Å²) in [6.07, 6.45) is 1.14. The molecule has 26 heavy (non-hydrogen) atoms. The second-order valence-electron chi connectivity index (χ2n) is 5.96. The van der Waals surface area contributed by atoms with Crippen LogP contribution in [0.3, 0.4) is 0 Å². The summed E-state index contributed by atoms with van der Waals surface area (Å²) in [7, 11) is 0. The minimum absolute atomic E-state index is 0.000330. The van der Waals surface area contributed by atoms with Gasteiger partial charge in [0.05, 0.1) is 6.20 Å². The summed E-state index contributed by atoms with van der Waals surface area (Å²) in [6, 6.07) is 0. The second-order valence-corrected chi connectivity index (χ2v) is 5.96. The van der Waals surface area contributed by atoms with Crippen LogP contribution in [-0.4, -0.2) is 36.1 Å². The molecule has 0 aliphatic carbocycles. The number of carbonyl (C=O) groups excluding carboxylic acids is 1. The molecule has 1 unspecified atom stereocenters. The third kappa shape index (κ3) is 3.95. The lowest BCUT2D eigenvalue weighted by Crippen LogP contribution is -2.40. The molecule has 10 heteroatoms. The highest BCUT2D eigenvalue weighted by Gasteiger charge is 2.16. The van der Waals surface area contributed by atoms with Crippen molar-refractivity contribution in [2.24, 2.45) is 5.92 Å². The molecule has 0 aliphatic rings. The third-order valence-electron chi connectivity index (χ3n) is 3.88. The van der Waals surface area contributed by atoms with Crippen molar-refractivity contribution in [3.05, 3.63) is 27.0 Å². The Kier molecular flexibility index (Phi) is 5.86. The summed E-state index contributed by atoms with van der Waals surface area (Å²) < 4.78 is 2.40. The number of hydrogen-bond donors (Lipinski definition) is 2. The Labute approximate surface area is 148 Å². The number of carboxylic acids is 1. The SMILES string of the molecule is CCn1c(=O)c2nc(NC(=O)CC(C)CC(=O)O)cnc2n(CC)c1=O. The number of carbonyl (C=O) groups is 2. The first kappa shape index (κ1) is 19.3. The standard InChI is InChI=1S/C16H21N5O5/c1-4-20-14-13(15(25)21(5-2)16(20)26)19-10(8-17-14)18-11(22)6-9(3)7-12(23)24/h8-9H,4-7H2,1-3H3,(H,23,24)(H,18,19,22). The molecule has 140 valence electrons. The van der Waals surface area contributed by atoms with Gasteiger partial charge in [0.1, 0.15) is 0 Å². The van der Waals surface area contributed by atoms with E-state index in [0.29, 0.717) is 6.54 Å². The maximum Gasteiger partial charge on any atom is 0.332 e. The zero-order valence-corrected chi connectivity index (χ0v) is 14.9. The van der Waals surface area contributed by atoms with Crippen LogP contribution in [0.25, 0.3) is 11.2 Å². The van der Waals surface area contributed by atoms with Gasteiger partial charge in [-0.15, -0.1) is 0 Å². The van der Waals surface area contributed by atoms with Gasteiger partial charge in [-0.2, -0.15) is 0 Å². The Morgan fingerprint density at radius 2 is 1.85 bits per heavy atom. The zero-order chi connectivity index (χ0) is 19.4. The molecule has 10 nitrogen and oxygen atoms in total. The quantitative estimate of drug-likeness (QED) is 0.728. The van der Waals surface area contributed by atoms with E-state index in [1.54, 1.807) is 20.8 Å². The van der Waals surface area contributed by atoms with Crippen molar-refractivity contribution < 1.29 is 14.7 Å². The lowest BCUT2D eigenvalue weighted by atomic mass is 10.0. The normalized spacial score (nSPS) is 12.1. The molecule has 0 spiro atoms. The average molecular weight is 363 g/mol. The van der Waals surface area contributed by atoms with Crippen molar-refractivity contribution in [3.63, 3.8) is 0 Å². The molecule has 1 amide bonds. The smallest absolute Gasteiger partial charge is 0.332 e. The van der Waals surface area contributed by atoms with E-state index in [-0.39, 0.29) is 42.3 Å². The average Bonchev–Trinajstić information content (AvgIpc) is 2.55. The van der Waals surface area contributed by atoms with Crippen LogP contribution >= 0.6 is 0 Å².